The van der Waals surface area contributed by atoms with Gasteiger partial charge in [0.1, 0.15) is 0 Å². The molecule has 0 radical (unpaired) electrons. The standard InChI is InChI=1S/C10H17N/c1-5-8-9-10(4)11(6-2)7-3/h5-6,8-9H,2,7H2,1,3-4H3/b8-5-,10-9+. The van der Waals surface area contributed by atoms with Gasteiger partial charge in [-0.25, -0.2) is 0 Å². The SMILES string of the molecule is C=CN(CC)/C(C)=C/C=C\C. The second-order valence-corrected chi connectivity index (χ2v) is 2.30. The van der Waals surface area contributed by atoms with Crippen molar-refractivity contribution >= 4 is 0 Å². The predicted molar refractivity (Wildman–Crippen MR) is 51.1 cm³/mol. The fourth-order valence-electron chi connectivity index (χ4n) is 0.854. The Morgan fingerprint density at radius 3 is 2.55 bits per heavy atom. The van der Waals surface area contributed by atoms with Gasteiger partial charge in [-0.15, -0.1) is 0 Å². The number of allylic oxidation sites excluding steroid dienone is 4. The quantitative estimate of drug-likeness (QED) is 0.558. The van der Waals surface area contributed by atoms with Gasteiger partial charge < -0.3 is 4.90 Å². The number of nitrogens with zero attached hydrogens (tertiary/aromatic N) is 1. The van der Waals surface area contributed by atoms with Gasteiger partial charge in [0.15, 0.2) is 0 Å². The minimum Gasteiger partial charge on any atom is -0.353 e. The normalized spacial score (nSPS) is 12.1. The van der Waals surface area contributed by atoms with E-state index in [1.54, 1.807) is 0 Å². The van der Waals surface area contributed by atoms with Crippen LogP contribution in [0.1, 0.15) is 20.8 Å². The van der Waals surface area contributed by atoms with Gasteiger partial charge in [-0.2, -0.15) is 0 Å². The predicted octanol–water partition coefficient (Wildman–Crippen LogP) is 2.93. The molecule has 1 nitrogen and oxygen atoms in total. The number of hydrogen-bond acceptors (Lipinski definition) is 1. The Morgan fingerprint density at radius 1 is 1.55 bits per heavy atom. The fourth-order valence-corrected chi connectivity index (χ4v) is 0.854. The van der Waals surface area contributed by atoms with Crippen LogP contribution in [0.2, 0.25) is 0 Å². The first-order valence-corrected chi connectivity index (χ1v) is 3.95. The lowest BCUT2D eigenvalue weighted by Crippen LogP contribution is -2.12. The highest BCUT2D eigenvalue weighted by atomic mass is 15.1. The molecule has 0 amide bonds. The molecule has 0 unspecified atom stereocenters. The lowest BCUT2D eigenvalue weighted by atomic mass is 10.3. The van der Waals surface area contributed by atoms with Crippen molar-refractivity contribution in [2.45, 2.75) is 20.8 Å². The number of rotatable bonds is 4. The van der Waals surface area contributed by atoms with Crippen molar-refractivity contribution in [2.75, 3.05) is 6.54 Å². The highest BCUT2D eigenvalue weighted by molar-refractivity contribution is 5.10. The van der Waals surface area contributed by atoms with Crippen LogP contribution in [0.3, 0.4) is 0 Å². The summed E-state index contributed by atoms with van der Waals surface area (Å²) in [5.74, 6) is 0. The van der Waals surface area contributed by atoms with Crippen LogP contribution in [-0.4, -0.2) is 11.4 Å². The minimum absolute atomic E-state index is 0.976. The molecule has 0 atom stereocenters. The number of hydrogen-bond donors (Lipinski definition) is 0. The van der Waals surface area contributed by atoms with Gasteiger partial charge in [-0.05, 0) is 33.0 Å². The molecule has 0 spiro atoms. The lowest BCUT2D eigenvalue weighted by molar-refractivity contribution is 0.494. The van der Waals surface area contributed by atoms with E-state index in [0.29, 0.717) is 0 Å². The summed E-state index contributed by atoms with van der Waals surface area (Å²) in [6, 6.07) is 0. The fraction of sp³-hybridized carbons (Fsp3) is 0.400. The summed E-state index contributed by atoms with van der Waals surface area (Å²) in [6.45, 7) is 10.9. The molecule has 0 bridgehead atoms. The molecule has 0 aliphatic heterocycles. The first-order valence-electron chi connectivity index (χ1n) is 3.95. The molecule has 0 aromatic carbocycles. The van der Waals surface area contributed by atoms with Gasteiger partial charge in [-0.1, -0.05) is 18.7 Å². The summed E-state index contributed by atoms with van der Waals surface area (Å²) in [7, 11) is 0. The van der Waals surface area contributed by atoms with Gasteiger partial charge in [0.05, 0.1) is 0 Å². The highest BCUT2D eigenvalue weighted by Gasteiger charge is 1.93. The van der Waals surface area contributed by atoms with E-state index in [9.17, 15) is 0 Å². The molecule has 11 heavy (non-hydrogen) atoms. The lowest BCUT2D eigenvalue weighted by Gasteiger charge is -2.17. The molecule has 0 fully saturated rings. The molecular formula is C10H17N. The van der Waals surface area contributed by atoms with E-state index in [1.807, 2.05) is 25.3 Å². The van der Waals surface area contributed by atoms with Gasteiger partial charge in [-0.3, -0.25) is 0 Å². The first-order chi connectivity index (χ1) is 5.26. The minimum atomic E-state index is 0.976. The topological polar surface area (TPSA) is 3.24 Å². The van der Waals surface area contributed by atoms with Gasteiger partial charge in [0.25, 0.3) is 0 Å². The molecule has 0 aliphatic carbocycles. The van der Waals surface area contributed by atoms with Crippen molar-refractivity contribution < 1.29 is 0 Å². The van der Waals surface area contributed by atoms with Crippen LogP contribution in [-0.2, 0) is 0 Å². The van der Waals surface area contributed by atoms with E-state index in [0.717, 1.165) is 6.54 Å². The summed E-state index contributed by atoms with van der Waals surface area (Å²) in [5.41, 5.74) is 1.22. The molecule has 0 heterocycles. The molecule has 0 saturated heterocycles. The van der Waals surface area contributed by atoms with E-state index in [4.69, 9.17) is 0 Å². The van der Waals surface area contributed by atoms with Crippen LogP contribution in [0.25, 0.3) is 0 Å². The smallest absolute Gasteiger partial charge is 0.0193 e. The second-order valence-electron chi connectivity index (χ2n) is 2.30. The van der Waals surface area contributed by atoms with Crippen LogP contribution >= 0.6 is 0 Å². The van der Waals surface area contributed by atoms with Crippen molar-refractivity contribution in [3.8, 4) is 0 Å². The Bertz CT molecular complexity index is 166. The van der Waals surface area contributed by atoms with Gasteiger partial charge in [0, 0.05) is 12.2 Å². The molecule has 0 rings (SSSR count). The van der Waals surface area contributed by atoms with Crippen LogP contribution in [0.4, 0.5) is 0 Å². The maximum atomic E-state index is 3.72. The Morgan fingerprint density at radius 2 is 2.18 bits per heavy atom. The molecule has 0 aliphatic rings. The van der Waals surface area contributed by atoms with Crippen LogP contribution in [0.15, 0.2) is 36.7 Å². The Kier molecular flexibility index (Phi) is 5.26. The van der Waals surface area contributed by atoms with Crippen molar-refractivity contribution in [2.24, 2.45) is 0 Å². The third-order valence-corrected chi connectivity index (χ3v) is 1.54. The molecule has 62 valence electrons. The molecule has 0 aromatic rings. The van der Waals surface area contributed by atoms with Gasteiger partial charge >= 0.3 is 0 Å². The average molecular weight is 151 g/mol. The van der Waals surface area contributed by atoms with Crippen molar-refractivity contribution in [3.63, 3.8) is 0 Å². The van der Waals surface area contributed by atoms with Crippen LogP contribution in [0.5, 0.6) is 0 Å². The van der Waals surface area contributed by atoms with Crippen LogP contribution in [0, 0.1) is 0 Å². The third-order valence-electron chi connectivity index (χ3n) is 1.54. The molecule has 1 heteroatoms. The molecular weight excluding hydrogens is 134 g/mol. The summed E-state index contributed by atoms with van der Waals surface area (Å²) < 4.78 is 0. The Hall–Kier alpha value is -0.980. The monoisotopic (exact) mass is 151 g/mol. The average Bonchev–Trinajstić information content (AvgIpc) is 2.03. The molecule has 0 N–H and O–H groups in total. The van der Waals surface area contributed by atoms with E-state index in [-0.39, 0.29) is 0 Å². The van der Waals surface area contributed by atoms with E-state index >= 15 is 0 Å². The molecule has 0 saturated carbocycles. The Balaban J connectivity index is 4.17. The van der Waals surface area contributed by atoms with Crippen molar-refractivity contribution in [1.82, 2.24) is 4.90 Å². The van der Waals surface area contributed by atoms with E-state index < -0.39 is 0 Å². The van der Waals surface area contributed by atoms with E-state index in [2.05, 4.69) is 31.4 Å². The van der Waals surface area contributed by atoms with Gasteiger partial charge in [0.2, 0.25) is 0 Å². The maximum absolute atomic E-state index is 3.72. The first kappa shape index (κ1) is 10.0. The summed E-state index contributed by atoms with van der Waals surface area (Å²) in [5, 5.41) is 0. The van der Waals surface area contributed by atoms with Crippen molar-refractivity contribution in [1.29, 1.82) is 0 Å². The summed E-state index contributed by atoms with van der Waals surface area (Å²) in [6.07, 6.45) is 7.96. The highest BCUT2D eigenvalue weighted by Crippen LogP contribution is 2.02. The zero-order valence-electron chi connectivity index (χ0n) is 7.67. The summed E-state index contributed by atoms with van der Waals surface area (Å²) in [4.78, 5) is 2.10. The third kappa shape index (κ3) is 3.66. The maximum Gasteiger partial charge on any atom is 0.0193 e. The second kappa shape index (κ2) is 5.78. The van der Waals surface area contributed by atoms with Crippen LogP contribution < -0.4 is 0 Å². The van der Waals surface area contributed by atoms with Crippen molar-refractivity contribution in [3.05, 3.63) is 36.7 Å². The summed E-state index contributed by atoms with van der Waals surface area (Å²) >= 11 is 0. The molecule has 0 aromatic heterocycles. The largest absolute Gasteiger partial charge is 0.353 e. The zero-order chi connectivity index (χ0) is 8.69. The van der Waals surface area contributed by atoms with E-state index in [1.165, 1.54) is 5.70 Å². The zero-order valence-corrected chi connectivity index (χ0v) is 7.67. The Labute approximate surface area is 69.7 Å².